The Morgan fingerprint density at radius 2 is 1.89 bits per heavy atom. The standard InChI is InChI=1S/C14H11BO3/c16-14(10-4-2-1-3-5-10)11-6-7-12-9-18-15(17)13(12)8-11/h1-8,17H,9H2. The zero-order valence-electron chi connectivity index (χ0n) is 9.67. The molecule has 0 aromatic heterocycles. The maximum absolute atomic E-state index is 12.2. The summed E-state index contributed by atoms with van der Waals surface area (Å²) in [6, 6.07) is 14.4. The van der Waals surface area contributed by atoms with Gasteiger partial charge in [0.25, 0.3) is 0 Å². The van der Waals surface area contributed by atoms with Gasteiger partial charge < -0.3 is 9.68 Å². The lowest BCUT2D eigenvalue weighted by molar-refractivity contribution is 0.103. The molecule has 0 unspecified atom stereocenters. The summed E-state index contributed by atoms with van der Waals surface area (Å²) in [6.45, 7) is 0.399. The molecule has 18 heavy (non-hydrogen) atoms. The lowest BCUT2D eigenvalue weighted by atomic mass is 9.78. The molecular weight excluding hydrogens is 227 g/mol. The van der Waals surface area contributed by atoms with E-state index in [0.717, 1.165) is 5.56 Å². The van der Waals surface area contributed by atoms with E-state index in [4.69, 9.17) is 4.65 Å². The van der Waals surface area contributed by atoms with Crippen molar-refractivity contribution in [3.05, 3.63) is 65.2 Å². The number of hydrogen-bond acceptors (Lipinski definition) is 3. The zero-order chi connectivity index (χ0) is 12.5. The van der Waals surface area contributed by atoms with Crippen molar-refractivity contribution in [2.75, 3.05) is 0 Å². The van der Waals surface area contributed by atoms with Crippen molar-refractivity contribution in [3.63, 3.8) is 0 Å². The molecule has 1 N–H and O–H groups in total. The fraction of sp³-hybridized carbons (Fsp3) is 0.0714. The average molecular weight is 238 g/mol. The van der Waals surface area contributed by atoms with Gasteiger partial charge in [-0.3, -0.25) is 4.79 Å². The number of hydrogen-bond donors (Lipinski definition) is 1. The quantitative estimate of drug-likeness (QED) is 0.630. The van der Waals surface area contributed by atoms with Gasteiger partial charge in [-0.25, -0.2) is 0 Å². The maximum atomic E-state index is 12.2. The van der Waals surface area contributed by atoms with E-state index >= 15 is 0 Å². The van der Waals surface area contributed by atoms with Crippen LogP contribution in [0.2, 0.25) is 0 Å². The Bertz CT molecular complexity index is 595. The van der Waals surface area contributed by atoms with Crippen LogP contribution in [0.25, 0.3) is 0 Å². The Hall–Kier alpha value is -1.91. The maximum Gasteiger partial charge on any atom is 0.491 e. The van der Waals surface area contributed by atoms with E-state index in [1.807, 2.05) is 24.3 Å². The van der Waals surface area contributed by atoms with Gasteiger partial charge in [-0.15, -0.1) is 0 Å². The van der Waals surface area contributed by atoms with Crippen LogP contribution in [0.15, 0.2) is 48.5 Å². The molecule has 0 saturated heterocycles. The second-order valence-corrected chi connectivity index (χ2v) is 4.27. The molecule has 3 rings (SSSR count). The molecule has 0 aliphatic carbocycles. The first-order valence-corrected chi connectivity index (χ1v) is 5.78. The molecule has 0 fully saturated rings. The molecule has 0 radical (unpaired) electrons. The SMILES string of the molecule is O=C(c1ccccc1)c1ccc2c(c1)B(O)OC2. The summed E-state index contributed by atoms with van der Waals surface area (Å²) < 4.78 is 5.11. The number of carbonyl (C=O) groups is 1. The Labute approximate surface area is 105 Å². The summed E-state index contributed by atoms with van der Waals surface area (Å²) >= 11 is 0. The van der Waals surface area contributed by atoms with Gasteiger partial charge in [-0.1, -0.05) is 48.5 Å². The second-order valence-electron chi connectivity index (χ2n) is 4.27. The Balaban J connectivity index is 1.99. The van der Waals surface area contributed by atoms with E-state index < -0.39 is 7.12 Å². The molecule has 4 heteroatoms. The van der Waals surface area contributed by atoms with Crippen LogP contribution in [0.4, 0.5) is 0 Å². The molecule has 88 valence electrons. The van der Waals surface area contributed by atoms with Gasteiger partial charge >= 0.3 is 7.12 Å². The molecule has 0 spiro atoms. The smallest absolute Gasteiger partial charge is 0.423 e. The van der Waals surface area contributed by atoms with Gasteiger partial charge in [0.15, 0.2) is 5.78 Å². The number of fused-ring (bicyclic) bond motifs is 1. The highest BCUT2D eigenvalue weighted by Crippen LogP contribution is 2.14. The van der Waals surface area contributed by atoms with E-state index in [9.17, 15) is 9.82 Å². The highest BCUT2D eigenvalue weighted by molar-refractivity contribution is 6.61. The minimum atomic E-state index is -0.913. The first kappa shape index (κ1) is 11.2. The summed E-state index contributed by atoms with van der Waals surface area (Å²) in [6.07, 6.45) is 0. The molecular formula is C14H11BO3. The van der Waals surface area contributed by atoms with Crippen molar-refractivity contribution < 1.29 is 14.5 Å². The predicted molar refractivity (Wildman–Crippen MR) is 68.7 cm³/mol. The average Bonchev–Trinajstić information content (AvgIpc) is 2.80. The molecule has 1 heterocycles. The summed E-state index contributed by atoms with van der Waals surface area (Å²) in [5.41, 5.74) is 2.85. The number of carbonyl (C=O) groups excluding carboxylic acids is 1. The summed E-state index contributed by atoms with van der Waals surface area (Å²) in [5, 5.41) is 9.62. The first-order valence-electron chi connectivity index (χ1n) is 5.78. The molecule has 0 saturated carbocycles. The van der Waals surface area contributed by atoms with Crippen molar-refractivity contribution in [2.45, 2.75) is 6.61 Å². The van der Waals surface area contributed by atoms with Crippen LogP contribution in [-0.4, -0.2) is 17.9 Å². The van der Waals surface area contributed by atoms with Crippen molar-refractivity contribution in [3.8, 4) is 0 Å². The minimum Gasteiger partial charge on any atom is -0.423 e. The molecule has 2 aromatic carbocycles. The van der Waals surface area contributed by atoms with Crippen LogP contribution in [-0.2, 0) is 11.3 Å². The molecule has 0 amide bonds. The number of benzene rings is 2. The molecule has 0 atom stereocenters. The highest BCUT2D eigenvalue weighted by atomic mass is 16.5. The van der Waals surface area contributed by atoms with Gasteiger partial charge in [0.1, 0.15) is 0 Å². The number of ketones is 1. The van der Waals surface area contributed by atoms with Crippen molar-refractivity contribution in [1.29, 1.82) is 0 Å². The van der Waals surface area contributed by atoms with E-state index in [1.165, 1.54) is 0 Å². The van der Waals surface area contributed by atoms with Crippen molar-refractivity contribution in [2.24, 2.45) is 0 Å². The van der Waals surface area contributed by atoms with Gasteiger partial charge in [-0.2, -0.15) is 0 Å². The van der Waals surface area contributed by atoms with Crippen molar-refractivity contribution in [1.82, 2.24) is 0 Å². The summed E-state index contributed by atoms with van der Waals surface area (Å²) in [5.74, 6) is -0.0440. The largest absolute Gasteiger partial charge is 0.491 e. The van der Waals surface area contributed by atoms with Crippen LogP contribution < -0.4 is 5.46 Å². The fourth-order valence-corrected chi connectivity index (χ4v) is 2.11. The van der Waals surface area contributed by atoms with Crippen LogP contribution >= 0.6 is 0 Å². The highest BCUT2D eigenvalue weighted by Gasteiger charge is 2.28. The predicted octanol–water partition coefficient (Wildman–Crippen LogP) is 1.14. The van der Waals surface area contributed by atoms with Gasteiger partial charge in [0.05, 0.1) is 6.61 Å². The van der Waals surface area contributed by atoms with Gasteiger partial charge in [0.2, 0.25) is 0 Å². The molecule has 1 aliphatic heterocycles. The first-order chi connectivity index (χ1) is 8.75. The third kappa shape index (κ3) is 1.86. The normalized spacial score (nSPS) is 13.5. The molecule has 1 aliphatic rings. The molecule has 2 aromatic rings. The minimum absolute atomic E-state index is 0.0440. The lowest BCUT2D eigenvalue weighted by Crippen LogP contribution is -2.28. The zero-order valence-corrected chi connectivity index (χ0v) is 9.67. The molecule has 3 nitrogen and oxygen atoms in total. The van der Waals surface area contributed by atoms with Crippen molar-refractivity contribution >= 4 is 18.4 Å². The van der Waals surface area contributed by atoms with E-state index in [0.29, 0.717) is 23.2 Å². The Morgan fingerprint density at radius 1 is 1.11 bits per heavy atom. The van der Waals surface area contributed by atoms with Gasteiger partial charge in [-0.05, 0) is 11.0 Å². The number of rotatable bonds is 2. The van der Waals surface area contributed by atoms with Crippen LogP contribution in [0.5, 0.6) is 0 Å². The summed E-state index contributed by atoms with van der Waals surface area (Å²) in [7, 11) is -0.913. The third-order valence-electron chi connectivity index (χ3n) is 3.11. The molecule has 0 bridgehead atoms. The lowest BCUT2D eigenvalue weighted by Gasteiger charge is -2.04. The Kier molecular flexibility index (Phi) is 2.74. The second kappa shape index (κ2) is 4.40. The summed E-state index contributed by atoms with van der Waals surface area (Å²) in [4.78, 5) is 12.2. The van der Waals surface area contributed by atoms with E-state index in [1.54, 1.807) is 24.3 Å². The van der Waals surface area contributed by atoms with E-state index in [-0.39, 0.29) is 5.78 Å². The van der Waals surface area contributed by atoms with Crippen LogP contribution in [0.1, 0.15) is 21.5 Å². The Morgan fingerprint density at radius 3 is 2.67 bits per heavy atom. The van der Waals surface area contributed by atoms with E-state index in [2.05, 4.69) is 0 Å². The monoisotopic (exact) mass is 238 g/mol. The van der Waals surface area contributed by atoms with Crippen LogP contribution in [0, 0.1) is 0 Å². The topological polar surface area (TPSA) is 46.5 Å². The fourth-order valence-electron chi connectivity index (χ4n) is 2.11. The third-order valence-corrected chi connectivity index (χ3v) is 3.11. The van der Waals surface area contributed by atoms with Gasteiger partial charge in [0, 0.05) is 11.1 Å². The van der Waals surface area contributed by atoms with Crippen LogP contribution in [0.3, 0.4) is 0 Å².